The van der Waals surface area contributed by atoms with Crippen molar-refractivity contribution in [2.45, 2.75) is 50.3 Å². The van der Waals surface area contributed by atoms with Crippen LogP contribution >= 0.6 is 0 Å². The highest BCUT2D eigenvalue weighted by Crippen LogP contribution is 2.20. The van der Waals surface area contributed by atoms with Crippen LogP contribution in [0.3, 0.4) is 0 Å². The molecular formula is C20H26O4S. The van der Waals surface area contributed by atoms with Gasteiger partial charge >= 0.3 is 0 Å². The van der Waals surface area contributed by atoms with Crippen molar-refractivity contribution in [2.24, 2.45) is 0 Å². The van der Waals surface area contributed by atoms with E-state index in [0.717, 1.165) is 43.4 Å². The maximum absolute atomic E-state index is 11.4. The molecule has 4 nitrogen and oxygen atoms in total. The maximum atomic E-state index is 11.4. The zero-order valence-corrected chi connectivity index (χ0v) is 15.7. The van der Waals surface area contributed by atoms with Crippen molar-refractivity contribution in [3.63, 3.8) is 0 Å². The van der Waals surface area contributed by atoms with Gasteiger partial charge in [-0.3, -0.25) is 4.55 Å². The number of hydrogen-bond donors (Lipinski definition) is 1. The zero-order chi connectivity index (χ0) is 18.3. The smallest absolute Gasteiger partial charge is 0.294 e. The van der Waals surface area contributed by atoms with Crippen molar-refractivity contribution in [2.75, 3.05) is 7.11 Å². The Morgan fingerprint density at radius 3 is 2.16 bits per heavy atom. The molecule has 0 radical (unpaired) electrons. The summed E-state index contributed by atoms with van der Waals surface area (Å²) in [6.07, 6.45) is 5.85. The van der Waals surface area contributed by atoms with Crippen LogP contribution in [0.4, 0.5) is 0 Å². The highest BCUT2D eigenvalue weighted by atomic mass is 32.2. The summed E-state index contributed by atoms with van der Waals surface area (Å²) in [5.74, 6) is 0.872. The summed E-state index contributed by atoms with van der Waals surface area (Å²) >= 11 is 0. The number of ether oxygens (including phenoxy) is 1. The van der Waals surface area contributed by atoms with Gasteiger partial charge in [-0.15, -0.1) is 0 Å². The molecule has 0 aromatic heterocycles. The predicted octanol–water partition coefficient (Wildman–Crippen LogP) is 4.60. The van der Waals surface area contributed by atoms with E-state index in [-0.39, 0.29) is 4.90 Å². The molecule has 0 aliphatic carbocycles. The average molecular weight is 362 g/mol. The van der Waals surface area contributed by atoms with E-state index in [1.54, 1.807) is 13.2 Å². The molecule has 0 bridgehead atoms. The first-order chi connectivity index (χ1) is 11.9. The van der Waals surface area contributed by atoms with Gasteiger partial charge in [0.2, 0.25) is 0 Å². The summed E-state index contributed by atoms with van der Waals surface area (Å²) in [5, 5.41) is 0. The molecule has 2 aromatic carbocycles. The van der Waals surface area contributed by atoms with Crippen LogP contribution in [0, 0.1) is 6.92 Å². The van der Waals surface area contributed by atoms with Gasteiger partial charge in [0.25, 0.3) is 10.1 Å². The van der Waals surface area contributed by atoms with Crippen molar-refractivity contribution >= 4 is 10.1 Å². The second kappa shape index (κ2) is 9.02. The second-order valence-corrected chi connectivity index (χ2v) is 7.74. The molecular weight excluding hydrogens is 336 g/mol. The number of aryl methyl sites for hydroxylation is 3. The lowest BCUT2D eigenvalue weighted by molar-refractivity contribution is 0.414. The number of hydrogen-bond acceptors (Lipinski definition) is 3. The van der Waals surface area contributed by atoms with Crippen LogP contribution in [0.15, 0.2) is 47.4 Å². The Bertz CT molecular complexity index is 780. The van der Waals surface area contributed by atoms with E-state index >= 15 is 0 Å². The van der Waals surface area contributed by atoms with Gasteiger partial charge in [0.15, 0.2) is 0 Å². The second-order valence-electron chi connectivity index (χ2n) is 6.35. The lowest BCUT2D eigenvalue weighted by atomic mass is 10.0. The van der Waals surface area contributed by atoms with Crippen molar-refractivity contribution in [1.29, 1.82) is 0 Å². The minimum atomic E-state index is -4.15. The molecule has 25 heavy (non-hydrogen) atoms. The Hall–Kier alpha value is -1.85. The first-order valence-corrected chi connectivity index (χ1v) is 10.0. The largest absolute Gasteiger partial charge is 0.497 e. The van der Waals surface area contributed by atoms with E-state index in [1.807, 2.05) is 25.1 Å². The Morgan fingerprint density at radius 1 is 0.920 bits per heavy atom. The van der Waals surface area contributed by atoms with Crippen LogP contribution in [0.2, 0.25) is 0 Å². The first-order valence-electron chi connectivity index (χ1n) is 8.60. The molecule has 0 saturated heterocycles. The minimum Gasteiger partial charge on any atom is -0.497 e. The maximum Gasteiger partial charge on any atom is 0.294 e. The molecule has 0 aliphatic heterocycles. The van der Waals surface area contributed by atoms with Crippen molar-refractivity contribution in [3.8, 4) is 5.75 Å². The summed E-state index contributed by atoms with van der Waals surface area (Å²) < 4.78 is 37.4. The summed E-state index contributed by atoms with van der Waals surface area (Å²) in [4.78, 5) is 0.0383. The Morgan fingerprint density at radius 2 is 1.56 bits per heavy atom. The Kier molecular flexibility index (Phi) is 7.02. The molecule has 0 unspecified atom stereocenters. The fourth-order valence-corrected chi connectivity index (χ4v) is 3.68. The summed E-state index contributed by atoms with van der Waals surface area (Å²) in [5.41, 5.74) is 3.01. The number of methoxy groups -OCH3 is 1. The van der Waals surface area contributed by atoms with Crippen molar-refractivity contribution in [3.05, 3.63) is 59.2 Å². The predicted molar refractivity (Wildman–Crippen MR) is 99.9 cm³/mol. The normalized spacial score (nSPS) is 11.5. The van der Waals surface area contributed by atoms with E-state index in [4.69, 9.17) is 4.74 Å². The molecule has 0 heterocycles. The molecule has 0 saturated carbocycles. The van der Waals surface area contributed by atoms with E-state index < -0.39 is 10.1 Å². The molecule has 5 heteroatoms. The molecule has 0 spiro atoms. The fraction of sp³-hybridized carbons (Fsp3) is 0.400. The molecule has 0 fully saturated rings. The SMILES string of the molecule is COc1ccc(CCCCCCc2cc(C)ccc2S(=O)(=O)O)cc1. The summed E-state index contributed by atoms with van der Waals surface area (Å²) in [6.45, 7) is 1.92. The lowest BCUT2D eigenvalue weighted by Gasteiger charge is -2.08. The summed E-state index contributed by atoms with van der Waals surface area (Å²) in [7, 11) is -2.49. The average Bonchev–Trinajstić information content (AvgIpc) is 2.57. The highest BCUT2D eigenvalue weighted by Gasteiger charge is 2.14. The van der Waals surface area contributed by atoms with E-state index in [9.17, 15) is 13.0 Å². The zero-order valence-electron chi connectivity index (χ0n) is 14.9. The minimum absolute atomic E-state index is 0.0383. The number of benzene rings is 2. The molecule has 136 valence electrons. The quantitative estimate of drug-likeness (QED) is 0.523. The van der Waals surface area contributed by atoms with Crippen molar-refractivity contribution < 1.29 is 17.7 Å². The third kappa shape index (κ3) is 6.18. The van der Waals surface area contributed by atoms with E-state index in [0.29, 0.717) is 12.0 Å². The number of rotatable bonds is 9. The van der Waals surface area contributed by atoms with Gasteiger partial charge in [0.1, 0.15) is 5.75 Å². The van der Waals surface area contributed by atoms with Gasteiger partial charge in [-0.25, -0.2) is 0 Å². The van der Waals surface area contributed by atoms with Gasteiger partial charge in [-0.1, -0.05) is 42.7 Å². The molecule has 2 aromatic rings. The van der Waals surface area contributed by atoms with Gasteiger partial charge in [-0.05, 0) is 61.9 Å². The highest BCUT2D eigenvalue weighted by molar-refractivity contribution is 7.85. The van der Waals surface area contributed by atoms with Crippen molar-refractivity contribution in [1.82, 2.24) is 0 Å². The lowest BCUT2D eigenvalue weighted by Crippen LogP contribution is -2.03. The molecule has 0 amide bonds. The fourth-order valence-electron chi connectivity index (χ4n) is 2.95. The number of unbranched alkanes of at least 4 members (excludes halogenated alkanes) is 3. The van der Waals surface area contributed by atoms with Crippen LogP contribution in [0.25, 0.3) is 0 Å². The topological polar surface area (TPSA) is 63.6 Å². The molecule has 0 atom stereocenters. The van der Waals surface area contributed by atoms with Gasteiger partial charge in [0, 0.05) is 0 Å². The standard InChI is InChI=1S/C20H26O4S/c1-16-9-14-20(25(21,22)23)18(15-16)8-6-4-3-5-7-17-10-12-19(24-2)13-11-17/h9-15H,3-8H2,1-2H3,(H,21,22,23). The molecule has 2 rings (SSSR count). The van der Waals surface area contributed by atoms with Crippen LogP contribution in [-0.2, 0) is 23.0 Å². The van der Waals surface area contributed by atoms with Crippen LogP contribution in [-0.4, -0.2) is 20.1 Å². The van der Waals surface area contributed by atoms with Gasteiger partial charge in [-0.2, -0.15) is 8.42 Å². The Balaban J connectivity index is 1.77. The van der Waals surface area contributed by atoms with Gasteiger partial charge < -0.3 is 4.74 Å². The Labute approximate surface area is 150 Å². The monoisotopic (exact) mass is 362 g/mol. The van der Waals surface area contributed by atoms with E-state index in [2.05, 4.69) is 12.1 Å². The van der Waals surface area contributed by atoms with Crippen LogP contribution in [0.5, 0.6) is 5.75 Å². The summed E-state index contributed by atoms with van der Waals surface area (Å²) in [6, 6.07) is 13.2. The third-order valence-corrected chi connectivity index (χ3v) is 5.27. The first kappa shape index (κ1) is 19.5. The third-order valence-electron chi connectivity index (χ3n) is 4.31. The molecule has 1 N–H and O–H groups in total. The van der Waals surface area contributed by atoms with Gasteiger partial charge in [0.05, 0.1) is 12.0 Å². The van der Waals surface area contributed by atoms with Crippen LogP contribution < -0.4 is 4.74 Å². The van der Waals surface area contributed by atoms with E-state index in [1.165, 1.54) is 11.6 Å². The van der Waals surface area contributed by atoms with Crippen LogP contribution in [0.1, 0.15) is 42.4 Å². The molecule has 0 aliphatic rings.